The SMILES string of the molecule is CC1CC(CN)CN1C(=O)c1cccc2c1OCC(=O)N2. The number of amides is 2. The van der Waals surface area contributed by atoms with Gasteiger partial charge in [-0.1, -0.05) is 6.07 Å². The van der Waals surface area contributed by atoms with E-state index in [0.29, 0.717) is 36.0 Å². The molecule has 2 unspecified atom stereocenters. The number of carbonyl (C=O) groups excluding carboxylic acids is 2. The number of nitrogens with two attached hydrogens (primary N) is 1. The van der Waals surface area contributed by atoms with Gasteiger partial charge in [-0.3, -0.25) is 9.59 Å². The predicted octanol–water partition coefficient (Wildman–Crippen LogP) is 0.827. The molecule has 0 saturated carbocycles. The Morgan fingerprint density at radius 2 is 2.33 bits per heavy atom. The third-order valence-electron chi connectivity index (χ3n) is 4.12. The van der Waals surface area contributed by atoms with E-state index in [9.17, 15) is 9.59 Å². The number of benzene rings is 1. The number of anilines is 1. The molecule has 6 heteroatoms. The summed E-state index contributed by atoms with van der Waals surface area (Å²) in [5.41, 5.74) is 6.77. The quantitative estimate of drug-likeness (QED) is 0.844. The monoisotopic (exact) mass is 289 g/mol. The first-order valence-corrected chi connectivity index (χ1v) is 7.17. The fraction of sp³-hybridized carbons (Fsp3) is 0.467. The second-order valence-electron chi connectivity index (χ2n) is 5.66. The van der Waals surface area contributed by atoms with Crippen LogP contribution in [0.1, 0.15) is 23.7 Å². The smallest absolute Gasteiger partial charge is 0.262 e. The Kier molecular flexibility index (Phi) is 3.55. The van der Waals surface area contributed by atoms with Crippen molar-refractivity contribution in [1.29, 1.82) is 0 Å². The first kappa shape index (κ1) is 13.9. The number of nitrogens with zero attached hydrogens (tertiary/aromatic N) is 1. The maximum Gasteiger partial charge on any atom is 0.262 e. The molecule has 3 rings (SSSR count). The summed E-state index contributed by atoms with van der Waals surface area (Å²) in [6, 6.07) is 5.39. The third-order valence-corrected chi connectivity index (χ3v) is 4.12. The van der Waals surface area contributed by atoms with Crippen molar-refractivity contribution >= 4 is 17.5 Å². The molecular formula is C15H19N3O3. The molecule has 2 aliphatic heterocycles. The average molecular weight is 289 g/mol. The number of hydrogen-bond acceptors (Lipinski definition) is 4. The molecule has 112 valence electrons. The van der Waals surface area contributed by atoms with Crippen molar-refractivity contribution in [1.82, 2.24) is 4.90 Å². The highest BCUT2D eigenvalue weighted by molar-refractivity contribution is 6.03. The topological polar surface area (TPSA) is 84.7 Å². The number of nitrogens with one attached hydrogen (secondary N) is 1. The molecule has 21 heavy (non-hydrogen) atoms. The highest BCUT2D eigenvalue weighted by Gasteiger charge is 2.34. The van der Waals surface area contributed by atoms with Gasteiger partial charge in [-0.05, 0) is 37.9 Å². The molecule has 3 N–H and O–H groups in total. The summed E-state index contributed by atoms with van der Waals surface area (Å²) >= 11 is 0. The van der Waals surface area contributed by atoms with Crippen molar-refractivity contribution in [2.75, 3.05) is 25.0 Å². The van der Waals surface area contributed by atoms with Gasteiger partial charge >= 0.3 is 0 Å². The van der Waals surface area contributed by atoms with E-state index in [1.165, 1.54) is 0 Å². The molecule has 1 aromatic carbocycles. The number of ether oxygens (including phenoxy) is 1. The normalized spacial score (nSPS) is 24.3. The van der Waals surface area contributed by atoms with Crippen molar-refractivity contribution < 1.29 is 14.3 Å². The van der Waals surface area contributed by atoms with Crippen molar-refractivity contribution in [3.8, 4) is 5.75 Å². The van der Waals surface area contributed by atoms with E-state index in [0.717, 1.165) is 6.42 Å². The summed E-state index contributed by atoms with van der Waals surface area (Å²) in [5.74, 6) is 0.547. The predicted molar refractivity (Wildman–Crippen MR) is 78.2 cm³/mol. The van der Waals surface area contributed by atoms with Crippen LogP contribution >= 0.6 is 0 Å². The molecule has 2 aliphatic rings. The first-order valence-electron chi connectivity index (χ1n) is 7.17. The number of hydrogen-bond donors (Lipinski definition) is 2. The van der Waals surface area contributed by atoms with Crippen LogP contribution in [-0.2, 0) is 4.79 Å². The van der Waals surface area contributed by atoms with Crippen LogP contribution in [0.5, 0.6) is 5.75 Å². The van der Waals surface area contributed by atoms with Crippen molar-refractivity contribution in [3.63, 3.8) is 0 Å². The number of carbonyl (C=O) groups is 2. The van der Waals surface area contributed by atoms with Gasteiger partial charge in [-0.2, -0.15) is 0 Å². The number of fused-ring (bicyclic) bond motifs is 1. The third kappa shape index (κ3) is 2.47. The molecule has 1 fully saturated rings. The zero-order valence-electron chi connectivity index (χ0n) is 12.0. The summed E-state index contributed by atoms with van der Waals surface area (Å²) in [7, 11) is 0. The number of rotatable bonds is 2. The van der Waals surface area contributed by atoms with Gasteiger partial charge in [-0.25, -0.2) is 0 Å². The molecular weight excluding hydrogens is 270 g/mol. The van der Waals surface area contributed by atoms with Crippen LogP contribution in [0.2, 0.25) is 0 Å². The van der Waals surface area contributed by atoms with Gasteiger partial charge in [0, 0.05) is 12.6 Å². The Balaban J connectivity index is 1.89. The minimum atomic E-state index is -0.204. The molecule has 2 atom stereocenters. The lowest BCUT2D eigenvalue weighted by atomic mass is 10.1. The molecule has 2 heterocycles. The van der Waals surface area contributed by atoms with Crippen LogP contribution in [0.3, 0.4) is 0 Å². The Morgan fingerprint density at radius 1 is 1.52 bits per heavy atom. The maximum absolute atomic E-state index is 12.8. The van der Waals surface area contributed by atoms with E-state index in [1.54, 1.807) is 18.2 Å². The molecule has 0 aromatic heterocycles. The Labute approximate surface area is 123 Å². The van der Waals surface area contributed by atoms with E-state index < -0.39 is 0 Å². The summed E-state index contributed by atoms with van der Waals surface area (Å²) in [6.45, 7) is 3.24. The van der Waals surface area contributed by atoms with Gasteiger partial charge in [0.05, 0.1) is 11.3 Å². The lowest BCUT2D eigenvalue weighted by Gasteiger charge is -2.25. The van der Waals surface area contributed by atoms with E-state index in [1.807, 2.05) is 11.8 Å². The lowest BCUT2D eigenvalue weighted by molar-refractivity contribution is -0.118. The van der Waals surface area contributed by atoms with E-state index >= 15 is 0 Å². The van der Waals surface area contributed by atoms with E-state index in [2.05, 4.69) is 5.32 Å². The molecule has 0 radical (unpaired) electrons. The maximum atomic E-state index is 12.8. The molecule has 0 spiro atoms. The lowest BCUT2D eigenvalue weighted by Crippen LogP contribution is -2.35. The first-order chi connectivity index (χ1) is 10.1. The minimum absolute atomic E-state index is 0.0573. The van der Waals surface area contributed by atoms with Crippen LogP contribution < -0.4 is 15.8 Å². The van der Waals surface area contributed by atoms with Crippen molar-refractivity contribution in [2.24, 2.45) is 11.7 Å². The average Bonchev–Trinajstić information content (AvgIpc) is 2.86. The van der Waals surface area contributed by atoms with Gasteiger partial charge in [0.25, 0.3) is 11.8 Å². The van der Waals surface area contributed by atoms with Crippen molar-refractivity contribution in [2.45, 2.75) is 19.4 Å². The van der Waals surface area contributed by atoms with E-state index in [4.69, 9.17) is 10.5 Å². The highest BCUT2D eigenvalue weighted by atomic mass is 16.5. The standard InChI is InChI=1S/C15H19N3O3/c1-9-5-10(6-16)7-18(9)15(20)11-3-2-4-12-14(11)21-8-13(19)17-12/h2-4,9-10H,5-8,16H2,1H3,(H,17,19). The van der Waals surface area contributed by atoms with Gasteiger partial charge < -0.3 is 20.7 Å². The second-order valence-corrected chi connectivity index (χ2v) is 5.66. The molecule has 0 aliphatic carbocycles. The Morgan fingerprint density at radius 3 is 3.05 bits per heavy atom. The molecule has 1 saturated heterocycles. The summed E-state index contributed by atoms with van der Waals surface area (Å²) < 4.78 is 5.45. The largest absolute Gasteiger partial charge is 0.481 e. The summed E-state index contributed by atoms with van der Waals surface area (Å²) in [4.78, 5) is 26.0. The zero-order valence-corrected chi connectivity index (χ0v) is 12.0. The van der Waals surface area contributed by atoms with Crippen molar-refractivity contribution in [3.05, 3.63) is 23.8 Å². The molecule has 0 bridgehead atoms. The fourth-order valence-corrected chi connectivity index (χ4v) is 3.03. The highest BCUT2D eigenvalue weighted by Crippen LogP contribution is 2.34. The van der Waals surface area contributed by atoms with Gasteiger partial charge in [-0.15, -0.1) is 0 Å². The van der Waals surface area contributed by atoms with Gasteiger partial charge in [0.1, 0.15) is 0 Å². The van der Waals surface area contributed by atoms with Gasteiger partial charge in [0.2, 0.25) is 0 Å². The van der Waals surface area contributed by atoms with Crippen LogP contribution in [0.4, 0.5) is 5.69 Å². The van der Waals surface area contributed by atoms with Crippen LogP contribution in [0, 0.1) is 5.92 Å². The molecule has 2 amide bonds. The van der Waals surface area contributed by atoms with Crippen LogP contribution in [0.25, 0.3) is 0 Å². The summed E-state index contributed by atoms with van der Waals surface area (Å²) in [6.07, 6.45) is 0.925. The fourth-order valence-electron chi connectivity index (χ4n) is 3.03. The number of likely N-dealkylation sites (tertiary alicyclic amines) is 1. The van der Waals surface area contributed by atoms with Crippen LogP contribution in [-0.4, -0.2) is 42.5 Å². The minimum Gasteiger partial charge on any atom is -0.481 e. The Hall–Kier alpha value is -2.08. The number of para-hydroxylation sites is 1. The van der Waals surface area contributed by atoms with Crippen LogP contribution in [0.15, 0.2) is 18.2 Å². The van der Waals surface area contributed by atoms with Gasteiger partial charge in [0.15, 0.2) is 12.4 Å². The molecule has 6 nitrogen and oxygen atoms in total. The zero-order chi connectivity index (χ0) is 15.0. The molecule has 1 aromatic rings. The second kappa shape index (κ2) is 5.37. The van der Waals surface area contributed by atoms with E-state index in [-0.39, 0.29) is 24.5 Å². The summed E-state index contributed by atoms with van der Waals surface area (Å²) in [5, 5.41) is 2.72. The Bertz CT molecular complexity index is 588.